The van der Waals surface area contributed by atoms with Crippen LogP contribution in [0.15, 0.2) is 0 Å². The van der Waals surface area contributed by atoms with Crippen LogP contribution in [0, 0.1) is 0 Å². The van der Waals surface area contributed by atoms with Gasteiger partial charge in [-0.3, -0.25) is 0 Å². The maximum atomic E-state index is 8.38. The van der Waals surface area contributed by atoms with Crippen molar-refractivity contribution < 1.29 is 74.0 Å². The molecule has 0 saturated heterocycles. The van der Waals surface area contributed by atoms with E-state index in [1.807, 2.05) is 0 Å². The van der Waals surface area contributed by atoms with E-state index in [4.69, 9.17) is 3.78 Å². The van der Waals surface area contributed by atoms with E-state index < -0.39 is 0 Å². The van der Waals surface area contributed by atoms with E-state index in [-0.39, 0.29) is 86.7 Å². The molecule has 8 N–H and O–H groups in total. The smallest absolute Gasteiger partial charge is 0 e. The van der Waals surface area contributed by atoms with Gasteiger partial charge in [-0.2, -0.15) is 0 Å². The van der Waals surface area contributed by atoms with Gasteiger partial charge in [0.15, 0.2) is 0 Å². The predicted molar refractivity (Wildman–Crippen MR) is 23.7 cm³/mol. The first-order valence-electron chi connectivity index (χ1n) is 0.289. The zero-order chi connectivity index (χ0) is 2.00. The summed E-state index contributed by atoms with van der Waals surface area (Å²) in [4.78, 5) is 0. The van der Waals surface area contributed by atoms with Crippen molar-refractivity contribution in [1.29, 1.82) is 0 Å². The van der Waals surface area contributed by atoms with Crippen molar-refractivity contribution in [1.82, 2.24) is 0 Å². The van der Waals surface area contributed by atoms with Gasteiger partial charge in [0, 0.05) is 48.4 Å². The van der Waals surface area contributed by atoms with Gasteiger partial charge >= 0.3 is 20.2 Å². The van der Waals surface area contributed by atoms with Crippen LogP contribution in [0.1, 0.15) is 0 Å². The number of hydrogen-bond donors (Lipinski definition) is 0. The van der Waals surface area contributed by atoms with Crippen LogP contribution in [-0.4, -0.2) is 38.4 Å². The summed E-state index contributed by atoms with van der Waals surface area (Å²) in [5.74, 6) is 0. The van der Waals surface area contributed by atoms with Crippen molar-refractivity contribution in [2.75, 3.05) is 0 Å². The Morgan fingerprint density at radius 3 is 0.750 bits per heavy atom. The Morgan fingerprint density at radius 2 is 0.750 bits per heavy atom. The van der Waals surface area contributed by atoms with Gasteiger partial charge in [0.2, 0.25) is 0 Å². The van der Waals surface area contributed by atoms with E-state index in [1.165, 1.54) is 0 Å². The van der Waals surface area contributed by atoms with Gasteiger partial charge in [0.25, 0.3) is 0 Å². The van der Waals surface area contributed by atoms with E-state index in [0.717, 1.165) is 0 Å². The van der Waals surface area contributed by atoms with E-state index >= 15 is 0 Å². The first-order valence-corrected chi connectivity index (χ1v) is 1.50. The standard InChI is InChI=1S/Cd.GeH2O.4H2O.W/c;1-2;;;;;/h;1H2;4*1H2;. The Hall–Kier alpha value is 1.79. The minimum atomic E-state index is 0. The molecule has 0 atom stereocenters. The topological polar surface area (TPSA) is 143 Å². The molecule has 0 unspecified atom stereocenters. The molecule has 0 aliphatic carbocycles. The van der Waals surface area contributed by atoms with Crippen LogP contribution in [0.2, 0.25) is 0 Å². The molecule has 0 heterocycles. The summed E-state index contributed by atoms with van der Waals surface area (Å²) in [5, 5.41) is 0. The van der Waals surface area contributed by atoms with Crippen LogP contribution < -0.4 is 0 Å². The average Bonchev–Trinajstić information content (AvgIpc) is 1.00. The maximum Gasteiger partial charge on any atom is 0 e. The molecule has 0 spiro atoms. The quantitative estimate of drug-likeness (QED) is 0.332. The van der Waals surface area contributed by atoms with Crippen molar-refractivity contribution in [2.45, 2.75) is 0 Å². The van der Waals surface area contributed by atoms with Crippen molar-refractivity contribution in [3.05, 3.63) is 0 Å². The normalized spacial score (nSPS) is 0.500. The molecule has 5 nitrogen and oxygen atoms in total. The molecule has 8 heavy (non-hydrogen) atoms. The summed E-state index contributed by atoms with van der Waals surface area (Å²) in [7, 11) is 0. The third-order valence-electron chi connectivity index (χ3n) is 0. The largest absolute Gasteiger partial charge is 0 e. The van der Waals surface area contributed by atoms with Crippen molar-refractivity contribution in [3.8, 4) is 0 Å². The Bertz CT molecular complexity index is 12.4. The second-order valence-corrected chi connectivity index (χ2v) is 0. The molecule has 0 amide bonds. The molecular weight excluding hydrogens is 449 g/mol. The molecule has 0 aliphatic rings. The Morgan fingerprint density at radius 1 is 0.750 bits per heavy atom. The average molecular weight is 459 g/mol. The Balaban J connectivity index is -0.000000000333. The minimum absolute atomic E-state index is 0. The van der Waals surface area contributed by atoms with Gasteiger partial charge < -0.3 is 21.9 Å². The molecule has 0 aromatic rings. The Labute approximate surface area is 89.7 Å². The van der Waals surface area contributed by atoms with Gasteiger partial charge in [-0.05, 0) is 0 Å². The van der Waals surface area contributed by atoms with Crippen LogP contribution in [-0.2, 0) is 52.1 Å². The second kappa shape index (κ2) is 166. The summed E-state index contributed by atoms with van der Waals surface area (Å²) < 4.78 is 8.38. The zero-order valence-corrected chi connectivity index (χ0v) is 14.2. The molecule has 0 aliphatic heterocycles. The van der Waals surface area contributed by atoms with Crippen molar-refractivity contribution in [3.63, 3.8) is 0 Å². The molecule has 0 saturated carbocycles. The summed E-state index contributed by atoms with van der Waals surface area (Å²) in [5.41, 5.74) is 0. The maximum absolute atomic E-state index is 8.38. The molecule has 8 heteroatoms. The van der Waals surface area contributed by atoms with Crippen LogP contribution in [0.5, 0.6) is 0 Å². The summed E-state index contributed by atoms with van der Waals surface area (Å²) in [6.07, 6.45) is 0. The molecule has 0 rings (SSSR count). The van der Waals surface area contributed by atoms with Gasteiger partial charge in [-0.15, -0.1) is 0 Å². The summed E-state index contributed by atoms with van der Waals surface area (Å²) in [6.45, 7) is 0. The first kappa shape index (κ1) is 97.1. The monoisotopic (exact) mass is 462 g/mol. The fraction of sp³-hybridized carbons (Fsp3) is 0. The summed E-state index contributed by atoms with van der Waals surface area (Å²) in [6, 6.07) is 0. The number of hydrogen-bond acceptors (Lipinski definition) is 1. The minimum Gasteiger partial charge on any atom is 0 e. The fourth-order valence-electron chi connectivity index (χ4n) is 0. The molecule has 0 aromatic heterocycles. The van der Waals surface area contributed by atoms with Gasteiger partial charge in [0.05, 0.1) is 0 Å². The van der Waals surface area contributed by atoms with Crippen molar-refractivity contribution in [2.24, 2.45) is 0 Å². The van der Waals surface area contributed by atoms with Gasteiger partial charge in [-0.25, -0.2) is 0 Å². The van der Waals surface area contributed by atoms with E-state index in [0.29, 0.717) is 0 Å². The van der Waals surface area contributed by atoms with E-state index in [9.17, 15) is 0 Å². The molecule has 0 radical (unpaired) electrons. The van der Waals surface area contributed by atoms with E-state index in [1.54, 1.807) is 0 Å². The number of rotatable bonds is 0. The second-order valence-electron chi connectivity index (χ2n) is 0. The van der Waals surface area contributed by atoms with Crippen LogP contribution >= 0.6 is 0 Å². The van der Waals surface area contributed by atoms with E-state index in [2.05, 4.69) is 0 Å². The third kappa shape index (κ3) is 112. The fourth-order valence-corrected chi connectivity index (χ4v) is 0. The predicted octanol–water partition coefficient (Wildman–Crippen LogP) is -4.34. The molecule has 0 aromatic carbocycles. The Kier molecular flexibility index (Phi) is 2010. The van der Waals surface area contributed by atoms with Crippen molar-refractivity contribution >= 4 is 16.5 Å². The third-order valence-corrected chi connectivity index (χ3v) is 0. The first-order chi connectivity index (χ1) is 1.00. The molecule has 0 fully saturated rings. The summed E-state index contributed by atoms with van der Waals surface area (Å²) >= 11 is 0.125. The van der Waals surface area contributed by atoms with Gasteiger partial charge in [-0.1, -0.05) is 0 Å². The van der Waals surface area contributed by atoms with Crippen LogP contribution in [0.25, 0.3) is 0 Å². The molecule has 0 bridgehead atoms. The SMILES string of the molecule is O.O.O.O.[Cd].[O]=[GeH2].[W]. The van der Waals surface area contributed by atoms with Crippen LogP contribution in [0.4, 0.5) is 0 Å². The zero-order valence-electron chi connectivity index (χ0n) is 4.23. The molecular formula is H10CdGeO5W. The van der Waals surface area contributed by atoms with Gasteiger partial charge in [0.1, 0.15) is 0 Å². The molecule has 52 valence electrons. The van der Waals surface area contributed by atoms with Crippen LogP contribution in [0.3, 0.4) is 0 Å².